The van der Waals surface area contributed by atoms with E-state index in [4.69, 9.17) is 0 Å². The summed E-state index contributed by atoms with van der Waals surface area (Å²) in [6.45, 7) is 0. The summed E-state index contributed by atoms with van der Waals surface area (Å²) in [5.41, 5.74) is 2.00. The Morgan fingerprint density at radius 2 is 1.28 bits per heavy atom. The number of hydrogen-bond donors (Lipinski definition) is 0. The molecule has 32 heavy (non-hydrogen) atoms. The van der Waals surface area contributed by atoms with Gasteiger partial charge in [-0.2, -0.15) is 26.3 Å². The lowest BCUT2D eigenvalue weighted by atomic mass is 10.3. The number of aromatic nitrogens is 4. The predicted molar refractivity (Wildman–Crippen MR) is 115 cm³/mol. The topological polar surface area (TPSA) is 26.6 Å². The number of hydrogen-bond acceptors (Lipinski definition) is 1. The first-order valence-corrected chi connectivity index (χ1v) is 11.0. The molecule has 0 saturated heterocycles. The molecule has 0 fully saturated rings. The van der Waals surface area contributed by atoms with Gasteiger partial charge in [-0.3, -0.25) is 0 Å². The van der Waals surface area contributed by atoms with Gasteiger partial charge >= 0.3 is 18.2 Å². The number of rotatable bonds is 0. The van der Waals surface area contributed by atoms with Gasteiger partial charge in [0.2, 0.25) is 5.82 Å². The molecule has 0 spiro atoms. The Labute approximate surface area is 211 Å². The largest absolute Gasteiger partial charge is 1.00 e. The molecule has 0 saturated carbocycles. The van der Waals surface area contributed by atoms with Gasteiger partial charge in [0, 0.05) is 7.05 Å². The first-order valence-electron chi connectivity index (χ1n) is 8.80. The molecular weight excluding hydrogens is 664 g/mol. The van der Waals surface area contributed by atoms with E-state index in [9.17, 15) is 26.3 Å². The lowest BCUT2D eigenvalue weighted by Gasteiger charge is -2.05. The summed E-state index contributed by atoms with van der Waals surface area (Å²) >= 11 is 2.15. The van der Waals surface area contributed by atoms with E-state index in [1.54, 1.807) is 48.5 Å². The number of alkyl halides is 7. The smallest absolute Gasteiger partial charge is 0.495 e. The molecule has 4 aromatic rings. The van der Waals surface area contributed by atoms with Crippen LogP contribution in [0.3, 0.4) is 0 Å². The van der Waals surface area contributed by atoms with E-state index in [1.807, 2.05) is 4.93 Å². The first-order chi connectivity index (χ1) is 14.4. The minimum atomic E-state index is -4.40. The molecule has 12 heteroatoms. The zero-order valence-electron chi connectivity index (χ0n) is 17.4. The van der Waals surface area contributed by atoms with Crippen LogP contribution in [0.15, 0.2) is 48.5 Å². The van der Waals surface area contributed by atoms with E-state index in [1.165, 1.54) is 21.1 Å². The summed E-state index contributed by atoms with van der Waals surface area (Å²) in [5.74, 6) is -1.51. The van der Waals surface area contributed by atoms with Gasteiger partial charge in [-0.1, -0.05) is 46.9 Å². The van der Waals surface area contributed by atoms with Crippen molar-refractivity contribution in [3.8, 4) is 0 Å². The first kappa shape index (κ1) is 28.5. The Balaban J connectivity index is 0.000000289. The summed E-state index contributed by atoms with van der Waals surface area (Å²) < 4.78 is 78.7. The number of imidazole rings is 2. The molecule has 176 valence electrons. The molecule has 2 heterocycles. The number of halogens is 8. The second-order valence-electron chi connectivity index (χ2n) is 6.41. The molecule has 4 rings (SSSR count). The fourth-order valence-electron chi connectivity index (χ4n) is 3.26. The molecule has 0 amide bonds. The lowest BCUT2D eigenvalue weighted by molar-refractivity contribution is -0.667. The molecule has 0 aliphatic heterocycles. The van der Waals surface area contributed by atoms with Gasteiger partial charge in [0.15, 0.2) is 11.0 Å². The highest BCUT2D eigenvalue weighted by Gasteiger charge is 2.45. The molecule has 0 radical (unpaired) electrons. The maximum absolute atomic E-state index is 12.7. The quantitative estimate of drug-likeness (QED) is 0.121. The normalized spacial score (nSPS) is 11.3. The molecule has 4 nitrogen and oxygen atoms in total. The van der Waals surface area contributed by atoms with E-state index in [0.717, 1.165) is 13.7 Å². The van der Waals surface area contributed by atoms with Crippen molar-refractivity contribution in [1.29, 1.82) is 0 Å². The minimum Gasteiger partial charge on any atom is -1.00 e. The molecule has 0 aliphatic carbocycles. The second kappa shape index (κ2) is 11.0. The highest BCUT2D eigenvalue weighted by molar-refractivity contribution is 14.1. The van der Waals surface area contributed by atoms with Crippen LogP contribution in [0.4, 0.5) is 26.3 Å². The number of benzene rings is 2. The number of aryl methyl sites for hydroxylation is 3. The third-order valence-corrected chi connectivity index (χ3v) is 4.53. The van der Waals surface area contributed by atoms with E-state index < -0.39 is 24.0 Å². The van der Waals surface area contributed by atoms with Gasteiger partial charge < -0.3 is 28.5 Å². The molecule has 0 aliphatic rings. The van der Waals surface area contributed by atoms with Crippen LogP contribution in [0.1, 0.15) is 11.6 Å². The molecule has 0 N–H and O–H groups in total. The summed E-state index contributed by atoms with van der Waals surface area (Å²) in [5, 5.41) is 0. The molecule has 0 atom stereocenters. The average molecular weight is 684 g/mol. The van der Waals surface area contributed by atoms with Crippen molar-refractivity contribution in [2.75, 3.05) is 4.93 Å². The van der Waals surface area contributed by atoms with Crippen LogP contribution in [0.5, 0.6) is 0 Å². The monoisotopic (exact) mass is 684 g/mol. The number of para-hydroxylation sites is 4. The van der Waals surface area contributed by atoms with Crippen LogP contribution < -0.4 is 28.5 Å². The van der Waals surface area contributed by atoms with E-state index in [2.05, 4.69) is 27.6 Å². The van der Waals surface area contributed by atoms with Gasteiger partial charge in [-0.05, 0) is 29.2 Å². The summed E-state index contributed by atoms with van der Waals surface area (Å²) in [7, 11) is 4.20. The Morgan fingerprint density at radius 1 is 0.781 bits per heavy atom. The third-order valence-electron chi connectivity index (χ3n) is 4.53. The molecular formula is C20H20F6I2N4. The van der Waals surface area contributed by atoms with E-state index in [-0.39, 0.29) is 24.0 Å². The average Bonchev–Trinajstić information content (AvgIpc) is 3.19. The molecule has 0 unspecified atom stereocenters. The SMILES string of the molecule is CI.Cn1c(C(F)(F)F)[n+](C)c2ccccc21.Cn1c(C(F)(F)F)nc2ccccc21.[I-]. The van der Waals surface area contributed by atoms with Crippen molar-refractivity contribution in [2.45, 2.75) is 12.4 Å². The maximum atomic E-state index is 12.7. The highest BCUT2D eigenvalue weighted by atomic mass is 127. The number of nitrogens with zero attached hydrogens (tertiary/aromatic N) is 4. The summed E-state index contributed by atoms with van der Waals surface area (Å²) in [6.07, 6.45) is -8.73. The van der Waals surface area contributed by atoms with Gasteiger partial charge in [0.25, 0.3) is 0 Å². The third kappa shape index (κ3) is 5.85. The summed E-state index contributed by atoms with van der Waals surface area (Å²) in [4.78, 5) is 5.49. The molecule has 0 bridgehead atoms. The highest BCUT2D eigenvalue weighted by Crippen LogP contribution is 2.30. The van der Waals surface area contributed by atoms with Crippen molar-refractivity contribution < 1.29 is 54.9 Å². The van der Waals surface area contributed by atoms with Gasteiger partial charge in [0.1, 0.15) is 0 Å². The van der Waals surface area contributed by atoms with E-state index >= 15 is 0 Å². The van der Waals surface area contributed by atoms with Crippen molar-refractivity contribution >= 4 is 44.7 Å². The zero-order valence-corrected chi connectivity index (χ0v) is 21.7. The van der Waals surface area contributed by atoms with Crippen LogP contribution in [-0.4, -0.2) is 19.0 Å². The zero-order chi connectivity index (χ0) is 23.6. The van der Waals surface area contributed by atoms with Crippen LogP contribution in [0.2, 0.25) is 0 Å². The molecule has 2 aromatic carbocycles. The van der Waals surface area contributed by atoms with Gasteiger partial charge in [0.05, 0.1) is 25.1 Å². The Morgan fingerprint density at radius 3 is 1.75 bits per heavy atom. The number of fused-ring (bicyclic) bond motifs is 2. The van der Waals surface area contributed by atoms with Crippen LogP contribution in [-0.2, 0) is 33.5 Å². The maximum Gasteiger partial charge on any atom is 0.495 e. The van der Waals surface area contributed by atoms with Crippen molar-refractivity contribution in [3.05, 3.63) is 60.2 Å². The van der Waals surface area contributed by atoms with Crippen LogP contribution in [0.25, 0.3) is 22.1 Å². The Kier molecular flexibility index (Phi) is 9.81. The van der Waals surface area contributed by atoms with E-state index in [0.29, 0.717) is 22.1 Å². The summed E-state index contributed by atoms with van der Waals surface area (Å²) in [6, 6.07) is 13.3. The standard InChI is InChI=1S/C10H10F3N2.C9H7F3N2.CH3I.HI/c1-14-7-5-3-4-6-8(7)15(2)9(14)10(11,12)13;1-14-7-5-3-2-4-6(7)13-8(14)9(10,11)12;1-2;/h3-6H,1-2H3;2-5H,1H3;1H3;1H/q+1;;;/p-1. The van der Waals surface area contributed by atoms with Crippen molar-refractivity contribution in [1.82, 2.24) is 14.1 Å². The Bertz CT molecular complexity index is 1140. The molecule has 2 aromatic heterocycles. The second-order valence-corrected chi connectivity index (χ2v) is 6.41. The van der Waals surface area contributed by atoms with Gasteiger partial charge in [-0.25, -0.2) is 14.1 Å². The fourth-order valence-corrected chi connectivity index (χ4v) is 3.26. The van der Waals surface area contributed by atoms with Gasteiger partial charge in [-0.15, -0.1) is 0 Å². The minimum absolute atomic E-state index is 0. The Hall–Kier alpha value is -1.58. The van der Waals surface area contributed by atoms with Crippen molar-refractivity contribution in [2.24, 2.45) is 21.1 Å². The lowest BCUT2D eigenvalue weighted by Crippen LogP contribution is -3.00. The van der Waals surface area contributed by atoms with Crippen molar-refractivity contribution in [3.63, 3.8) is 0 Å². The van der Waals surface area contributed by atoms with Crippen LogP contribution >= 0.6 is 22.6 Å². The van der Waals surface area contributed by atoms with Crippen LogP contribution in [0, 0.1) is 0 Å². The fraction of sp³-hybridized carbons (Fsp3) is 0.300. The predicted octanol–water partition coefficient (Wildman–Crippen LogP) is 2.67.